The minimum Gasteiger partial charge on any atom is -0.508 e. The van der Waals surface area contributed by atoms with E-state index in [1.165, 1.54) is 17.5 Å². The maximum atomic E-state index is 10.5. The third-order valence-electron chi connectivity index (χ3n) is 5.26. The highest BCUT2D eigenvalue weighted by molar-refractivity contribution is 5.43. The molecule has 2 aromatic carbocycles. The normalized spacial score (nSPS) is 13.0. The molecule has 0 saturated heterocycles. The Balaban J connectivity index is 2.32. The van der Waals surface area contributed by atoms with Crippen molar-refractivity contribution >= 4 is 0 Å². The second-order valence-electron chi connectivity index (χ2n) is 7.75. The Labute approximate surface area is 147 Å². The summed E-state index contributed by atoms with van der Waals surface area (Å²) >= 11 is 0. The maximum Gasteiger partial charge on any atom is 0.119 e. The molecule has 0 aliphatic carbocycles. The summed E-state index contributed by atoms with van der Waals surface area (Å²) in [6.45, 7) is 11.4. The fraction of sp³-hybridized carbons (Fsp3) is 0.478. The van der Waals surface area contributed by atoms with Gasteiger partial charge in [0.15, 0.2) is 0 Å². The quantitative estimate of drug-likeness (QED) is 0.613. The molecule has 1 atom stereocenters. The van der Waals surface area contributed by atoms with Gasteiger partial charge in [0.1, 0.15) is 5.75 Å². The van der Waals surface area contributed by atoms with Gasteiger partial charge in [0.2, 0.25) is 0 Å². The number of rotatable bonds is 7. The summed E-state index contributed by atoms with van der Waals surface area (Å²) in [6, 6.07) is 16.6. The van der Waals surface area contributed by atoms with Crippen LogP contribution in [-0.4, -0.2) is 5.11 Å². The number of phenols is 1. The molecule has 1 heteroatoms. The van der Waals surface area contributed by atoms with Gasteiger partial charge in [-0.2, -0.15) is 0 Å². The molecule has 0 aromatic heterocycles. The molecule has 1 N–H and O–H groups in total. The summed E-state index contributed by atoms with van der Waals surface area (Å²) in [6.07, 6.45) is 2.25. The minimum absolute atomic E-state index is 0.256. The van der Waals surface area contributed by atoms with Crippen LogP contribution in [0, 0.1) is 24.7 Å². The van der Waals surface area contributed by atoms with E-state index in [4.69, 9.17) is 0 Å². The highest BCUT2D eigenvalue weighted by Gasteiger charge is 2.23. The van der Waals surface area contributed by atoms with Crippen LogP contribution in [-0.2, 0) is 0 Å². The van der Waals surface area contributed by atoms with Crippen molar-refractivity contribution in [2.24, 2.45) is 17.8 Å². The predicted molar refractivity (Wildman–Crippen MR) is 104 cm³/mol. The van der Waals surface area contributed by atoms with Gasteiger partial charge in [0.25, 0.3) is 0 Å². The van der Waals surface area contributed by atoms with E-state index in [1.54, 1.807) is 0 Å². The van der Waals surface area contributed by atoms with Gasteiger partial charge in [-0.25, -0.2) is 0 Å². The van der Waals surface area contributed by atoms with Crippen molar-refractivity contribution in [2.45, 2.75) is 53.4 Å². The highest BCUT2D eigenvalue weighted by Crippen LogP contribution is 2.38. The lowest BCUT2D eigenvalue weighted by atomic mass is 9.77. The first kappa shape index (κ1) is 18.6. The molecule has 0 aliphatic rings. The smallest absolute Gasteiger partial charge is 0.119 e. The van der Waals surface area contributed by atoms with Crippen LogP contribution in [0.4, 0.5) is 0 Å². The van der Waals surface area contributed by atoms with Crippen molar-refractivity contribution in [3.63, 3.8) is 0 Å². The maximum absolute atomic E-state index is 10.5. The van der Waals surface area contributed by atoms with Gasteiger partial charge in [-0.3, -0.25) is 0 Å². The van der Waals surface area contributed by atoms with Crippen LogP contribution in [0.15, 0.2) is 48.5 Å². The number of hydrogen-bond acceptors (Lipinski definition) is 1. The average Bonchev–Trinajstić information content (AvgIpc) is 2.54. The predicted octanol–water partition coefficient (Wildman–Crippen LogP) is 6.54. The van der Waals surface area contributed by atoms with E-state index >= 15 is 0 Å². The zero-order chi connectivity index (χ0) is 17.7. The van der Waals surface area contributed by atoms with Gasteiger partial charge in [0, 0.05) is 11.5 Å². The van der Waals surface area contributed by atoms with Gasteiger partial charge in [0.05, 0.1) is 0 Å². The van der Waals surface area contributed by atoms with Crippen LogP contribution in [0.3, 0.4) is 0 Å². The Morgan fingerprint density at radius 3 is 2.04 bits per heavy atom. The monoisotopic (exact) mass is 324 g/mol. The highest BCUT2D eigenvalue weighted by atomic mass is 16.3. The van der Waals surface area contributed by atoms with E-state index in [0.29, 0.717) is 23.5 Å². The summed E-state index contributed by atoms with van der Waals surface area (Å²) in [7, 11) is 0. The molecule has 1 nitrogen and oxygen atoms in total. The molecule has 0 fully saturated rings. The Bertz CT molecular complexity index is 620. The number of benzene rings is 2. The molecule has 2 rings (SSSR count). The van der Waals surface area contributed by atoms with Gasteiger partial charge in [-0.05, 0) is 49.1 Å². The summed E-state index contributed by atoms with van der Waals surface area (Å²) in [5.41, 5.74) is 3.56. The third kappa shape index (κ3) is 4.63. The van der Waals surface area contributed by atoms with Crippen LogP contribution in [0.2, 0.25) is 0 Å². The zero-order valence-corrected chi connectivity index (χ0v) is 15.8. The SMILES string of the molecule is Cc1ccc(O)c([C@H](CCC(C(C)C)C(C)C)c2ccccc2)c1. The fourth-order valence-corrected chi connectivity index (χ4v) is 3.94. The van der Waals surface area contributed by atoms with Gasteiger partial charge in [-0.15, -0.1) is 0 Å². The van der Waals surface area contributed by atoms with Gasteiger partial charge in [-0.1, -0.05) is 75.7 Å². The summed E-state index contributed by atoms with van der Waals surface area (Å²) < 4.78 is 0. The van der Waals surface area contributed by atoms with E-state index in [1.807, 2.05) is 12.1 Å². The molecule has 0 spiro atoms. The lowest BCUT2D eigenvalue weighted by Crippen LogP contribution is -2.17. The Morgan fingerprint density at radius 2 is 1.46 bits per heavy atom. The summed E-state index contributed by atoms with van der Waals surface area (Å²) in [5.74, 6) is 2.76. The molecule has 24 heavy (non-hydrogen) atoms. The van der Waals surface area contributed by atoms with Gasteiger partial charge < -0.3 is 5.11 Å². The molecule has 0 unspecified atom stereocenters. The molecule has 0 aliphatic heterocycles. The lowest BCUT2D eigenvalue weighted by Gasteiger charge is -2.28. The van der Waals surface area contributed by atoms with Crippen LogP contribution < -0.4 is 0 Å². The molecule has 0 heterocycles. The first-order valence-electron chi connectivity index (χ1n) is 9.24. The topological polar surface area (TPSA) is 20.2 Å². The van der Waals surface area contributed by atoms with E-state index in [2.05, 4.69) is 71.0 Å². The Hall–Kier alpha value is -1.76. The summed E-state index contributed by atoms with van der Waals surface area (Å²) in [5, 5.41) is 10.5. The van der Waals surface area contributed by atoms with Crippen LogP contribution >= 0.6 is 0 Å². The van der Waals surface area contributed by atoms with Crippen LogP contribution in [0.5, 0.6) is 5.75 Å². The van der Waals surface area contributed by atoms with E-state index in [0.717, 1.165) is 12.0 Å². The van der Waals surface area contributed by atoms with Crippen molar-refractivity contribution in [2.75, 3.05) is 0 Å². The second kappa shape index (κ2) is 8.37. The number of hydrogen-bond donors (Lipinski definition) is 1. The standard InChI is InChI=1S/C23H32O/c1-16(2)20(17(3)4)12-13-21(19-9-7-6-8-10-19)22-15-18(5)11-14-23(22)24/h6-11,14-17,20-21,24H,12-13H2,1-5H3/t21-/m1/s1. The second-order valence-corrected chi connectivity index (χ2v) is 7.75. The molecule has 130 valence electrons. The van der Waals surface area contributed by atoms with Crippen molar-refractivity contribution in [3.8, 4) is 5.75 Å². The molecule has 0 bridgehead atoms. The van der Waals surface area contributed by atoms with Crippen molar-refractivity contribution in [1.82, 2.24) is 0 Å². The first-order valence-corrected chi connectivity index (χ1v) is 9.24. The van der Waals surface area contributed by atoms with Crippen molar-refractivity contribution < 1.29 is 5.11 Å². The van der Waals surface area contributed by atoms with E-state index in [9.17, 15) is 5.11 Å². The molecular weight excluding hydrogens is 292 g/mol. The Morgan fingerprint density at radius 1 is 0.833 bits per heavy atom. The average molecular weight is 325 g/mol. The number of aromatic hydroxyl groups is 1. The van der Waals surface area contributed by atoms with Crippen LogP contribution in [0.25, 0.3) is 0 Å². The van der Waals surface area contributed by atoms with Crippen LogP contribution in [0.1, 0.15) is 63.1 Å². The lowest BCUT2D eigenvalue weighted by molar-refractivity contribution is 0.260. The Kier molecular flexibility index (Phi) is 6.48. The number of phenolic OH excluding ortho intramolecular Hbond substituents is 1. The molecule has 2 aromatic rings. The molecule has 0 saturated carbocycles. The zero-order valence-electron chi connectivity index (χ0n) is 15.8. The molecular formula is C23H32O. The van der Waals surface area contributed by atoms with Gasteiger partial charge >= 0.3 is 0 Å². The van der Waals surface area contributed by atoms with Crippen molar-refractivity contribution in [1.29, 1.82) is 0 Å². The van der Waals surface area contributed by atoms with E-state index < -0.39 is 0 Å². The fourth-order valence-electron chi connectivity index (χ4n) is 3.94. The summed E-state index contributed by atoms with van der Waals surface area (Å²) in [4.78, 5) is 0. The van der Waals surface area contributed by atoms with E-state index in [-0.39, 0.29) is 5.92 Å². The first-order chi connectivity index (χ1) is 11.4. The van der Waals surface area contributed by atoms with Crippen molar-refractivity contribution in [3.05, 3.63) is 65.2 Å². The number of aryl methyl sites for hydroxylation is 1. The largest absolute Gasteiger partial charge is 0.508 e. The molecule has 0 radical (unpaired) electrons. The molecule has 0 amide bonds. The minimum atomic E-state index is 0.256. The third-order valence-corrected chi connectivity index (χ3v) is 5.26.